The summed E-state index contributed by atoms with van der Waals surface area (Å²) in [7, 11) is 0. The number of aliphatic hydroxyl groups excluding tert-OH is 1. The summed E-state index contributed by atoms with van der Waals surface area (Å²) in [4.78, 5) is 14.2. The first-order chi connectivity index (χ1) is 17.8. The van der Waals surface area contributed by atoms with Gasteiger partial charge in [0.05, 0.1) is 18.7 Å². The van der Waals surface area contributed by atoms with Gasteiger partial charge in [-0.05, 0) is 66.0 Å². The number of carbonyl (C=O) groups excluding carboxylic acids is 1. The minimum absolute atomic E-state index is 0.0261. The van der Waals surface area contributed by atoms with Crippen molar-refractivity contribution in [3.63, 3.8) is 0 Å². The van der Waals surface area contributed by atoms with Crippen LogP contribution < -0.4 is 16.4 Å². The van der Waals surface area contributed by atoms with E-state index in [0.29, 0.717) is 12.2 Å². The lowest BCUT2D eigenvalue weighted by atomic mass is 9.99. The number of hydrogen-bond acceptors (Lipinski definition) is 5. The molecule has 0 saturated heterocycles. The summed E-state index contributed by atoms with van der Waals surface area (Å²) in [5, 5.41) is 17.5. The highest BCUT2D eigenvalue weighted by molar-refractivity contribution is 7.80. The summed E-state index contributed by atoms with van der Waals surface area (Å²) in [6.45, 7) is 2.30. The molecular formula is C28H32F2N4O2S. The van der Waals surface area contributed by atoms with Crippen LogP contribution in [0.15, 0.2) is 72.8 Å². The summed E-state index contributed by atoms with van der Waals surface area (Å²) in [6.07, 6.45) is -0.276. The standard InChI is InChI=1S/C28H32F2N4O2S/c1-2-19-7-6-8-20(11-19)17-32-18-26(35)25(14-21-12-22(29)15-23(30)13-21)34(27(36)16-31)28(37)33-24-9-4-3-5-10-24/h3-13,15,25-26,32,35H,2,14,16-18,31H2,1H3,(H,33,37)/t25-,26+/m0/s1. The van der Waals surface area contributed by atoms with E-state index >= 15 is 0 Å². The van der Waals surface area contributed by atoms with E-state index in [9.17, 15) is 18.7 Å². The predicted octanol–water partition coefficient (Wildman–Crippen LogP) is 3.77. The fraction of sp³-hybridized carbons (Fsp3) is 0.286. The van der Waals surface area contributed by atoms with Crippen LogP contribution >= 0.6 is 12.2 Å². The van der Waals surface area contributed by atoms with Crippen LogP contribution in [0.1, 0.15) is 23.6 Å². The van der Waals surface area contributed by atoms with E-state index in [0.717, 1.165) is 18.1 Å². The van der Waals surface area contributed by atoms with Gasteiger partial charge in [0.2, 0.25) is 5.91 Å². The average molecular weight is 527 g/mol. The Morgan fingerprint density at radius 3 is 2.32 bits per heavy atom. The number of nitrogens with zero attached hydrogens (tertiary/aromatic N) is 1. The molecule has 0 bridgehead atoms. The first-order valence-electron chi connectivity index (χ1n) is 12.1. The predicted molar refractivity (Wildman–Crippen MR) is 146 cm³/mol. The van der Waals surface area contributed by atoms with Crippen molar-refractivity contribution in [1.29, 1.82) is 0 Å². The molecule has 0 aromatic heterocycles. The van der Waals surface area contributed by atoms with Gasteiger partial charge in [-0.1, -0.05) is 49.4 Å². The van der Waals surface area contributed by atoms with Gasteiger partial charge in [-0.3, -0.25) is 9.69 Å². The number of rotatable bonds is 11. The molecule has 0 aliphatic rings. The second-order valence-electron chi connectivity index (χ2n) is 8.68. The Kier molecular flexibility index (Phi) is 10.6. The minimum Gasteiger partial charge on any atom is -0.390 e. The molecule has 0 aliphatic heterocycles. The van der Waals surface area contributed by atoms with E-state index in [1.54, 1.807) is 24.3 Å². The third kappa shape index (κ3) is 8.40. The second kappa shape index (κ2) is 13.9. The van der Waals surface area contributed by atoms with E-state index in [4.69, 9.17) is 18.0 Å². The molecule has 0 saturated carbocycles. The van der Waals surface area contributed by atoms with Crippen LogP contribution in [0.4, 0.5) is 14.5 Å². The van der Waals surface area contributed by atoms with Crippen molar-refractivity contribution in [3.8, 4) is 0 Å². The minimum atomic E-state index is -1.13. The summed E-state index contributed by atoms with van der Waals surface area (Å²) in [5.74, 6) is -2.04. The lowest BCUT2D eigenvalue weighted by molar-refractivity contribution is -0.129. The Morgan fingerprint density at radius 2 is 1.68 bits per heavy atom. The largest absolute Gasteiger partial charge is 0.390 e. The maximum atomic E-state index is 14.0. The summed E-state index contributed by atoms with van der Waals surface area (Å²) < 4.78 is 27.9. The zero-order valence-corrected chi connectivity index (χ0v) is 21.5. The number of benzene rings is 3. The fourth-order valence-electron chi connectivity index (χ4n) is 4.08. The van der Waals surface area contributed by atoms with Gasteiger partial charge in [0.15, 0.2) is 5.11 Å². The topological polar surface area (TPSA) is 90.6 Å². The van der Waals surface area contributed by atoms with E-state index in [1.165, 1.54) is 22.6 Å². The molecule has 0 fully saturated rings. The Balaban J connectivity index is 1.85. The van der Waals surface area contributed by atoms with Crippen molar-refractivity contribution in [2.24, 2.45) is 5.73 Å². The first-order valence-corrected chi connectivity index (χ1v) is 12.5. The van der Waals surface area contributed by atoms with Crippen molar-refractivity contribution in [2.45, 2.75) is 38.5 Å². The van der Waals surface area contributed by atoms with Crippen molar-refractivity contribution in [1.82, 2.24) is 10.2 Å². The second-order valence-corrected chi connectivity index (χ2v) is 9.07. The molecule has 3 aromatic rings. The molecule has 0 aliphatic carbocycles. The first kappa shape index (κ1) is 28.3. The third-order valence-electron chi connectivity index (χ3n) is 5.91. The molecule has 3 rings (SSSR count). The third-order valence-corrected chi connectivity index (χ3v) is 6.21. The number of nitrogens with one attached hydrogen (secondary N) is 2. The molecule has 9 heteroatoms. The number of carbonyl (C=O) groups is 1. The number of halogens is 2. The number of aliphatic hydroxyl groups is 1. The molecule has 5 N–H and O–H groups in total. The molecule has 6 nitrogen and oxygen atoms in total. The van der Waals surface area contributed by atoms with Gasteiger partial charge in [-0.25, -0.2) is 8.78 Å². The van der Waals surface area contributed by atoms with Crippen molar-refractivity contribution in [2.75, 3.05) is 18.4 Å². The normalized spacial score (nSPS) is 12.6. The molecule has 1 amide bonds. The average Bonchev–Trinajstić information content (AvgIpc) is 2.88. The number of hydrogen-bond donors (Lipinski definition) is 4. The molecule has 0 spiro atoms. The van der Waals surface area contributed by atoms with Crippen LogP contribution in [0.2, 0.25) is 0 Å². The van der Waals surface area contributed by atoms with Gasteiger partial charge in [-0.15, -0.1) is 0 Å². The van der Waals surface area contributed by atoms with Gasteiger partial charge in [0, 0.05) is 24.8 Å². The van der Waals surface area contributed by atoms with Crippen molar-refractivity contribution < 1.29 is 18.7 Å². The van der Waals surface area contributed by atoms with Gasteiger partial charge < -0.3 is 21.5 Å². The highest BCUT2D eigenvalue weighted by Gasteiger charge is 2.32. The Morgan fingerprint density at radius 1 is 1.00 bits per heavy atom. The van der Waals surface area contributed by atoms with Crippen LogP contribution in [0, 0.1) is 11.6 Å². The smallest absolute Gasteiger partial charge is 0.242 e. The number of nitrogens with two attached hydrogens (primary N) is 1. The Labute approximate surface area is 221 Å². The highest BCUT2D eigenvalue weighted by atomic mass is 32.1. The maximum Gasteiger partial charge on any atom is 0.242 e. The zero-order chi connectivity index (χ0) is 26.8. The Hall–Kier alpha value is -3.24. The number of thiocarbonyl (C=S) groups is 1. The lowest BCUT2D eigenvalue weighted by Crippen LogP contribution is -2.56. The number of amides is 1. The van der Waals surface area contributed by atoms with Crippen molar-refractivity contribution >= 4 is 28.9 Å². The zero-order valence-electron chi connectivity index (χ0n) is 20.7. The van der Waals surface area contributed by atoms with Gasteiger partial charge in [0.1, 0.15) is 11.6 Å². The number of anilines is 1. The van der Waals surface area contributed by atoms with Crippen molar-refractivity contribution in [3.05, 3.63) is 101 Å². The van der Waals surface area contributed by atoms with E-state index in [-0.39, 0.29) is 30.2 Å². The van der Waals surface area contributed by atoms with Crippen LogP contribution in [0.3, 0.4) is 0 Å². The van der Waals surface area contributed by atoms with Gasteiger partial charge in [0.25, 0.3) is 0 Å². The van der Waals surface area contributed by atoms with E-state index < -0.39 is 29.7 Å². The molecule has 0 radical (unpaired) electrons. The summed E-state index contributed by atoms with van der Waals surface area (Å²) in [5.41, 5.74) is 8.85. The van der Waals surface area contributed by atoms with Gasteiger partial charge in [-0.2, -0.15) is 0 Å². The molecule has 0 unspecified atom stereocenters. The fourth-order valence-corrected chi connectivity index (χ4v) is 4.44. The molecule has 2 atom stereocenters. The summed E-state index contributed by atoms with van der Waals surface area (Å²) in [6, 6.07) is 19.2. The SMILES string of the molecule is CCc1cccc(CNC[C@@H](O)[C@H](Cc2cc(F)cc(F)c2)N(C(=O)CN)C(=S)Nc2ccccc2)c1. The van der Waals surface area contributed by atoms with E-state index in [2.05, 4.69) is 23.6 Å². The number of para-hydroxylation sites is 1. The molecule has 37 heavy (non-hydrogen) atoms. The molecule has 0 heterocycles. The van der Waals surface area contributed by atoms with Gasteiger partial charge >= 0.3 is 0 Å². The highest BCUT2D eigenvalue weighted by Crippen LogP contribution is 2.18. The quantitative estimate of drug-likeness (QED) is 0.285. The monoisotopic (exact) mass is 526 g/mol. The number of aryl methyl sites for hydroxylation is 1. The van der Waals surface area contributed by atoms with Crippen LogP contribution in [0.25, 0.3) is 0 Å². The molecule has 196 valence electrons. The van der Waals surface area contributed by atoms with Crippen LogP contribution in [-0.2, 0) is 24.2 Å². The Bertz CT molecular complexity index is 1180. The lowest BCUT2D eigenvalue weighted by Gasteiger charge is -2.35. The summed E-state index contributed by atoms with van der Waals surface area (Å²) >= 11 is 5.54. The molecular weight excluding hydrogens is 494 g/mol. The maximum absolute atomic E-state index is 14.0. The van der Waals surface area contributed by atoms with E-state index in [1.807, 2.05) is 24.3 Å². The van der Waals surface area contributed by atoms with Crippen LogP contribution in [-0.4, -0.2) is 46.3 Å². The molecule has 3 aromatic carbocycles. The van der Waals surface area contributed by atoms with Crippen LogP contribution in [0.5, 0.6) is 0 Å².